The molecule has 0 aliphatic rings. The van der Waals surface area contributed by atoms with E-state index in [2.05, 4.69) is 0 Å². The van der Waals surface area contributed by atoms with Crippen molar-refractivity contribution in [2.45, 2.75) is 6.61 Å². The van der Waals surface area contributed by atoms with E-state index in [0.29, 0.717) is 33.9 Å². The molecule has 0 N–H and O–H groups in total. The van der Waals surface area contributed by atoms with Crippen LogP contribution in [0.2, 0.25) is 5.02 Å². The van der Waals surface area contributed by atoms with Crippen LogP contribution in [0.1, 0.15) is 15.9 Å². The first kappa shape index (κ1) is 14.3. The second kappa shape index (κ2) is 6.39. The average molecular weight is 295 g/mol. The summed E-state index contributed by atoms with van der Waals surface area (Å²) in [4.78, 5) is 11.0. The Hall–Kier alpha value is -2.07. The van der Waals surface area contributed by atoms with E-state index in [0.717, 1.165) is 0 Å². The highest BCUT2D eigenvalue weighted by atomic mass is 35.5. The molecule has 0 amide bonds. The first-order chi connectivity index (χ1) is 9.63. The molecule has 0 saturated heterocycles. The number of aldehydes is 1. The van der Waals surface area contributed by atoms with Gasteiger partial charge in [0.05, 0.1) is 12.7 Å². The average Bonchev–Trinajstić information content (AvgIpc) is 2.46. The minimum Gasteiger partial charge on any atom is -0.497 e. The molecule has 3 nitrogen and oxygen atoms in total. The summed E-state index contributed by atoms with van der Waals surface area (Å²) in [5.74, 6) is 0.478. The van der Waals surface area contributed by atoms with E-state index in [9.17, 15) is 9.18 Å². The van der Waals surface area contributed by atoms with Gasteiger partial charge in [0.1, 0.15) is 23.9 Å². The zero-order valence-corrected chi connectivity index (χ0v) is 11.5. The van der Waals surface area contributed by atoms with Gasteiger partial charge in [0.15, 0.2) is 6.29 Å². The van der Waals surface area contributed by atoms with Crippen LogP contribution >= 0.6 is 11.6 Å². The monoisotopic (exact) mass is 294 g/mol. The quantitative estimate of drug-likeness (QED) is 0.785. The molecule has 104 valence electrons. The van der Waals surface area contributed by atoms with Gasteiger partial charge in [-0.25, -0.2) is 4.39 Å². The van der Waals surface area contributed by atoms with Gasteiger partial charge in [0.2, 0.25) is 0 Å². The van der Waals surface area contributed by atoms with Gasteiger partial charge >= 0.3 is 0 Å². The molecular formula is C15H12ClFO3. The summed E-state index contributed by atoms with van der Waals surface area (Å²) in [7, 11) is 1.51. The molecule has 0 fully saturated rings. The number of methoxy groups -OCH3 is 1. The smallest absolute Gasteiger partial charge is 0.153 e. The van der Waals surface area contributed by atoms with Crippen molar-refractivity contribution < 1.29 is 18.7 Å². The molecule has 0 radical (unpaired) electrons. The molecule has 0 atom stereocenters. The molecule has 5 heteroatoms. The molecule has 0 spiro atoms. The largest absolute Gasteiger partial charge is 0.497 e. The second-order valence-corrected chi connectivity index (χ2v) is 4.48. The lowest BCUT2D eigenvalue weighted by Gasteiger charge is -2.10. The Balaban J connectivity index is 2.16. The van der Waals surface area contributed by atoms with E-state index in [4.69, 9.17) is 21.1 Å². The van der Waals surface area contributed by atoms with Crippen molar-refractivity contribution in [3.63, 3.8) is 0 Å². The minimum atomic E-state index is -0.446. The Labute approximate surface area is 120 Å². The summed E-state index contributed by atoms with van der Waals surface area (Å²) in [6, 6.07) is 9.17. The number of benzene rings is 2. The number of hydrogen-bond acceptors (Lipinski definition) is 3. The Morgan fingerprint density at radius 2 is 2.05 bits per heavy atom. The number of rotatable bonds is 5. The van der Waals surface area contributed by atoms with Crippen molar-refractivity contribution in [3.05, 3.63) is 58.4 Å². The Bertz CT molecular complexity index is 629. The van der Waals surface area contributed by atoms with E-state index in [-0.39, 0.29) is 6.61 Å². The van der Waals surface area contributed by atoms with Crippen molar-refractivity contribution in [3.8, 4) is 11.5 Å². The van der Waals surface area contributed by atoms with Crippen LogP contribution in [-0.4, -0.2) is 13.4 Å². The van der Waals surface area contributed by atoms with E-state index >= 15 is 0 Å². The van der Waals surface area contributed by atoms with Gasteiger partial charge in [0, 0.05) is 10.6 Å². The maximum absolute atomic E-state index is 13.6. The highest BCUT2D eigenvalue weighted by Crippen LogP contribution is 2.24. The fraction of sp³-hybridized carbons (Fsp3) is 0.133. The molecule has 0 unspecified atom stereocenters. The van der Waals surface area contributed by atoms with Crippen LogP contribution in [0, 0.1) is 5.82 Å². The van der Waals surface area contributed by atoms with Crippen molar-refractivity contribution in [1.29, 1.82) is 0 Å². The van der Waals surface area contributed by atoms with E-state index < -0.39 is 5.82 Å². The molecule has 0 aromatic heterocycles. The van der Waals surface area contributed by atoms with Gasteiger partial charge in [0.25, 0.3) is 0 Å². The molecule has 0 heterocycles. The summed E-state index contributed by atoms with van der Waals surface area (Å²) in [6.45, 7) is 0.0101. The number of ether oxygens (including phenoxy) is 2. The summed E-state index contributed by atoms with van der Waals surface area (Å²) >= 11 is 5.67. The lowest BCUT2D eigenvalue weighted by Crippen LogP contribution is -2.01. The van der Waals surface area contributed by atoms with Gasteiger partial charge in [-0.15, -0.1) is 0 Å². The van der Waals surface area contributed by atoms with Gasteiger partial charge in [-0.2, -0.15) is 0 Å². The summed E-state index contributed by atoms with van der Waals surface area (Å²) in [5, 5.41) is 0.323. The Morgan fingerprint density at radius 1 is 1.25 bits per heavy atom. The van der Waals surface area contributed by atoms with Gasteiger partial charge in [-0.05, 0) is 30.3 Å². The maximum atomic E-state index is 13.6. The van der Waals surface area contributed by atoms with Crippen LogP contribution in [0.4, 0.5) is 4.39 Å². The van der Waals surface area contributed by atoms with Crippen LogP contribution < -0.4 is 9.47 Å². The summed E-state index contributed by atoms with van der Waals surface area (Å²) in [5.41, 5.74) is 0.709. The lowest BCUT2D eigenvalue weighted by atomic mass is 10.2. The third-order valence-electron chi connectivity index (χ3n) is 2.74. The number of hydrogen-bond donors (Lipinski definition) is 0. The lowest BCUT2D eigenvalue weighted by molar-refractivity contribution is 0.111. The van der Waals surface area contributed by atoms with Gasteiger partial charge in [-0.1, -0.05) is 17.7 Å². The number of carbonyl (C=O) groups is 1. The minimum absolute atomic E-state index is 0.0101. The first-order valence-electron chi connectivity index (χ1n) is 5.84. The predicted octanol–water partition coefficient (Wildman–Crippen LogP) is 3.88. The second-order valence-electron chi connectivity index (χ2n) is 4.05. The van der Waals surface area contributed by atoms with Crippen molar-refractivity contribution in [2.24, 2.45) is 0 Å². The summed E-state index contributed by atoms with van der Waals surface area (Å²) < 4.78 is 24.1. The van der Waals surface area contributed by atoms with Crippen LogP contribution in [0.15, 0.2) is 36.4 Å². The molecule has 20 heavy (non-hydrogen) atoms. The van der Waals surface area contributed by atoms with Gasteiger partial charge in [-0.3, -0.25) is 4.79 Å². The molecule has 0 saturated carbocycles. The zero-order valence-electron chi connectivity index (χ0n) is 10.7. The molecule has 0 aliphatic heterocycles. The Kier molecular flexibility index (Phi) is 4.58. The topological polar surface area (TPSA) is 35.5 Å². The standard InChI is InChI=1S/C15H12ClFO3/c1-19-13-4-5-15(11(6-13)8-18)20-9-10-2-3-12(16)7-14(10)17/h2-8H,9H2,1H3. The first-order valence-corrected chi connectivity index (χ1v) is 6.22. The van der Waals surface area contributed by atoms with Crippen LogP contribution in [-0.2, 0) is 6.61 Å². The molecule has 2 rings (SSSR count). The van der Waals surface area contributed by atoms with E-state index in [1.807, 2.05) is 0 Å². The van der Waals surface area contributed by atoms with Crippen molar-refractivity contribution >= 4 is 17.9 Å². The normalized spacial score (nSPS) is 10.2. The highest BCUT2D eigenvalue weighted by Gasteiger charge is 2.08. The van der Waals surface area contributed by atoms with Crippen LogP contribution in [0.3, 0.4) is 0 Å². The molecular weight excluding hydrogens is 283 g/mol. The SMILES string of the molecule is COc1ccc(OCc2ccc(Cl)cc2F)c(C=O)c1. The Morgan fingerprint density at radius 3 is 2.70 bits per heavy atom. The fourth-order valence-corrected chi connectivity index (χ4v) is 1.83. The predicted molar refractivity (Wildman–Crippen MR) is 74.1 cm³/mol. The summed E-state index contributed by atoms with van der Waals surface area (Å²) in [6.07, 6.45) is 0.663. The zero-order chi connectivity index (χ0) is 14.5. The highest BCUT2D eigenvalue weighted by molar-refractivity contribution is 6.30. The molecule has 2 aromatic rings. The van der Waals surface area contributed by atoms with Crippen LogP contribution in [0.25, 0.3) is 0 Å². The molecule has 0 bridgehead atoms. The fourth-order valence-electron chi connectivity index (χ4n) is 1.67. The maximum Gasteiger partial charge on any atom is 0.153 e. The van der Waals surface area contributed by atoms with Gasteiger partial charge < -0.3 is 9.47 Å². The number of halogens is 2. The third-order valence-corrected chi connectivity index (χ3v) is 2.98. The number of carbonyl (C=O) groups excluding carboxylic acids is 1. The van der Waals surface area contributed by atoms with E-state index in [1.54, 1.807) is 30.3 Å². The third kappa shape index (κ3) is 3.27. The van der Waals surface area contributed by atoms with E-state index in [1.165, 1.54) is 13.2 Å². The van der Waals surface area contributed by atoms with Crippen molar-refractivity contribution in [1.82, 2.24) is 0 Å². The molecule has 0 aliphatic carbocycles. The van der Waals surface area contributed by atoms with Crippen molar-refractivity contribution in [2.75, 3.05) is 7.11 Å². The van der Waals surface area contributed by atoms with Crippen LogP contribution in [0.5, 0.6) is 11.5 Å². The molecule has 2 aromatic carbocycles.